The largest absolute Gasteiger partial charge is 0.415 e. The molecule has 0 aliphatic carbocycles. The van der Waals surface area contributed by atoms with Crippen LogP contribution in [0.4, 0.5) is 17.6 Å². The Labute approximate surface area is 276 Å². The highest BCUT2D eigenvalue weighted by atomic mass is 35.5. The average molecular weight is 653 g/mol. The van der Waals surface area contributed by atoms with Gasteiger partial charge in [0.15, 0.2) is 0 Å². The molecule has 7 heteroatoms. The first-order valence-electron chi connectivity index (χ1n) is 16.3. The molecule has 0 saturated carbocycles. The van der Waals surface area contributed by atoms with Gasteiger partial charge in [0, 0.05) is 40.0 Å². The van der Waals surface area contributed by atoms with E-state index in [0.29, 0.717) is 0 Å². The lowest BCUT2D eigenvalue weighted by atomic mass is 9.91. The van der Waals surface area contributed by atoms with E-state index in [4.69, 9.17) is 11.6 Å². The number of rotatable bonds is 12. The van der Waals surface area contributed by atoms with Crippen LogP contribution in [0.2, 0.25) is 5.02 Å². The van der Waals surface area contributed by atoms with Crippen molar-refractivity contribution < 1.29 is 17.6 Å². The molecule has 254 valence electrons. The van der Waals surface area contributed by atoms with Gasteiger partial charge in [0.2, 0.25) is 0 Å². The van der Waals surface area contributed by atoms with E-state index >= 15 is 0 Å². The van der Waals surface area contributed by atoms with Crippen molar-refractivity contribution >= 4 is 28.2 Å². The number of aliphatic imine (C=N–C) groups is 1. The molecular weight excluding hydrogens is 596 g/mol. The normalized spacial score (nSPS) is 13.2. The lowest BCUT2D eigenvalue weighted by molar-refractivity contribution is -0.0878. The predicted octanol–water partition coefficient (Wildman–Crippen LogP) is 14.2. The minimum absolute atomic E-state index is 0.184. The molecule has 1 aromatic carbocycles. The topological polar surface area (TPSA) is 28.1 Å². The quantitative estimate of drug-likeness (QED) is 0.134. The van der Waals surface area contributed by atoms with Gasteiger partial charge >= 0.3 is 6.18 Å². The summed E-state index contributed by atoms with van der Waals surface area (Å²) < 4.78 is 49.8. The van der Waals surface area contributed by atoms with Crippen LogP contribution >= 0.6 is 11.6 Å². The van der Waals surface area contributed by atoms with Crippen LogP contribution in [0, 0.1) is 5.82 Å². The standard InChI is InChI=1S/C24H31ClFN.C10H14F3N.2C2H6/c1-6-9-11-19-20-14-21(25)22(26)15-23(20)27-24(19)17(5)18(10-7-2)13-12-16(4)8-3;1-4-5-9(3)14-7-6-8(2)10(11,12)13;2*1-2/h7,10,12-15,17,27H,6,8-9,11H2,1-5H3;6-7H,2,4-5H2,1,3H3;2*1-2H3/b10-7-,16-12+,18-13+;7-6-,14-9?;;. The number of hydrogen-bond acceptors (Lipinski definition) is 1. The molecule has 0 spiro atoms. The molecule has 2 rings (SSSR count). The van der Waals surface area contributed by atoms with Gasteiger partial charge < -0.3 is 4.98 Å². The zero-order valence-corrected chi connectivity index (χ0v) is 30.2. The minimum atomic E-state index is -4.36. The number of nitrogens with zero attached hydrogens (tertiary/aromatic N) is 1. The summed E-state index contributed by atoms with van der Waals surface area (Å²) in [5.41, 5.74) is 5.76. The molecule has 2 nitrogen and oxygen atoms in total. The number of benzene rings is 1. The Morgan fingerprint density at radius 2 is 1.64 bits per heavy atom. The average Bonchev–Trinajstić information content (AvgIpc) is 3.36. The molecule has 1 atom stereocenters. The molecule has 0 radical (unpaired) electrons. The molecule has 0 saturated heterocycles. The number of allylic oxidation sites excluding steroid dienone is 8. The van der Waals surface area contributed by atoms with Crippen molar-refractivity contribution in [3.63, 3.8) is 0 Å². The fraction of sp³-hybridized carbons (Fsp3) is 0.500. The first-order valence-corrected chi connectivity index (χ1v) is 16.6. The van der Waals surface area contributed by atoms with Crippen LogP contribution in [0.15, 0.2) is 77.0 Å². The number of aromatic nitrogens is 1. The maximum atomic E-state index is 14.0. The van der Waals surface area contributed by atoms with Crippen molar-refractivity contribution in [2.24, 2.45) is 4.99 Å². The van der Waals surface area contributed by atoms with E-state index in [1.54, 1.807) is 13.0 Å². The summed E-state index contributed by atoms with van der Waals surface area (Å²) in [5, 5.41) is 1.22. The lowest BCUT2D eigenvalue weighted by Crippen LogP contribution is -2.08. The number of fused-ring (bicyclic) bond motifs is 1. The van der Waals surface area contributed by atoms with Gasteiger partial charge in [-0.3, -0.25) is 4.99 Å². The van der Waals surface area contributed by atoms with Gasteiger partial charge in [-0.2, -0.15) is 13.2 Å². The number of halogens is 5. The van der Waals surface area contributed by atoms with Crippen molar-refractivity contribution in [2.75, 3.05) is 0 Å². The van der Waals surface area contributed by atoms with Crippen LogP contribution in [0.1, 0.15) is 125 Å². The molecule has 0 bridgehead atoms. The number of aromatic amines is 1. The first-order chi connectivity index (χ1) is 21.3. The summed E-state index contributed by atoms with van der Waals surface area (Å²) in [7, 11) is 0. The van der Waals surface area contributed by atoms with E-state index in [9.17, 15) is 17.6 Å². The van der Waals surface area contributed by atoms with Gasteiger partial charge in [0.25, 0.3) is 0 Å². The maximum Gasteiger partial charge on any atom is 0.415 e. The van der Waals surface area contributed by atoms with E-state index in [1.807, 2.05) is 41.5 Å². The number of aryl methyl sites for hydroxylation is 1. The molecule has 45 heavy (non-hydrogen) atoms. The van der Waals surface area contributed by atoms with Crippen LogP contribution in [-0.2, 0) is 6.42 Å². The Balaban J connectivity index is 0. The Hall–Kier alpha value is -2.86. The van der Waals surface area contributed by atoms with E-state index in [-0.39, 0.29) is 16.8 Å². The number of hydrogen-bond donors (Lipinski definition) is 1. The van der Waals surface area contributed by atoms with Crippen LogP contribution in [0.3, 0.4) is 0 Å². The molecule has 1 aromatic heterocycles. The summed E-state index contributed by atoms with van der Waals surface area (Å²) in [6.07, 6.45) is 12.2. The van der Waals surface area contributed by atoms with Gasteiger partial charge in [-0.1, -0.05) is 116 Å². The summed E-state index contributed by atoms with van der Waals surface area (Å²) in [6, 6.07) is 3.29. The van der Waals surface area contributed by atoms with E-state index < -0.39 is 11.7 Å². The van der Waals surface area contributed by atoms with Crippen molar-refractivity contribution in [3.05, 3.63) is 94.1 Å². The van der Waals surface area contributed by atoms with Crippen molar-refractivity contribution in [2.45, 2.75) is 127 Å². The second-order valence-electron chi connectivity index (χ2n) is 10.1. The van der Waals surface area contributed by atoms with Crippen LogP contribution in [0.5, 0.6) is 0 Å². The third-order valence-corrected chi connectivity index (χ3v) is 7.01. The molecule has 0 fully saturated rings. The summed E-state index contributed by atoms with van der Waals surface area (Å²) in [4.78, 5) is 7.33. The zero-order valence-electron chi connectivity index (χ0n) is 29.5. The molecule has 0 aliphatic heterocycles. The van der Waals surface area contributed by atoms with Crippen molar-refractivity contribution in [1.29, 1.82) is 0 Å². The highest BCUT2D eigenvalue weighted by Gasteiger charge is 2.29. The number of unbranched alkanes of at least 4 members (excludes halogenated alkanes) is 1. The summed E-state index contributed by atoms with van der Waals surface area (Å²) in [6.45, 7) is 25.4. The van der Waals surface area contributed by atoms with E-state index in [2.05, 4.69) is 68.6 Å². The van der Waals surface area contributed by atoms with Gasteiger partial charge in [-0.15, -0.1) is 0 Å². The monoisotopic (exact) mass is 652 g/mol. The third kappa shape index (κ3) is 16.3. The molecule has 2 aromatic rings. The smallest absolute Gasteiger partial charge is 0.358 e. The Morgan fingerprint density at radius 3 is 2.16 bits per heavy atom. The van der Waals surface area contributed by atoms with Gasteiger partial charge in [0.05, 0.1) is 5.02 Å². The highest BCUT2D eigenvalue weighted by Crippen LogP contribution is 2.35. The molecule has 1 heterocycles. The van der Waals surface area contributed by atoms with Gasteiger partial charge in [-0.25, -0.2) is 4.39 Å². The fourth-order valence-electron chi connectivity index (χ4n) is 4.09. The Bertz CT molecular complexity index is 1290. The lowest BCUT2D eigenvalue weighted by Gasteiger charge is -2.15. The third-order valence-electron chi connectivity index (χ3n) is 6.72. The fourth-order valence-corrected chi connectivity index (χ4v) is 4.26. The summed E-state index contributed by atoms with van der Waals surface area (Å²) >= 11 is 6.08. The number of nitrogens with one attached hydrogen (secondary N) is 1. The molecule has 0 aliphatic rings. The van der Waals surface area contributed by atoms with Crippen LogP contribution in [-0.4, -0.2) is 16.9 Å². The van der Waals surface area contributed by atoms with E-state index in [0.717, 1.165) is 73.1 Å². The molecule has 0 amide bonds. The van der Waals surface area contributed by atoms with Crippen molar-refractivity contribution in [1.82, 2.24) is 4.98 Å². The first kappa shape index (κ1) is 44.3. The number of H-pyrrole nitrogens is 1. The number of alkyl halides is 3. The zero-order chi connectivity index (χ0) is 35.2. The Morgan fingerprint density at radius 1 is 1.02 bits per heavy atom. The van der Waals surface area contributed by atoms with E-state index in [1.165, 1.54) is 22.8 Å². The molecule has 1 N–H and O–H groups in total. The van der Waals surface area contributed by atoms with Crippen LogP contribution < -0.4 is 0 Å². The van der Waals surface area contributed by atoms with Crippen LogP contribution in [0.25, 0.3) is 10.9 Å². The van der Waals surface area contributed by atoms with Crippen molar-refractivity contribution in [3.8, 4) is 0 Å². The highest BCUT2D eigenvalue weighted by molar-refractivity contribution is 6.31. The molecule has 1 unspecified atom stereocenters. The maximum absolute atomic E-state index is 14.0. The summed E-state index contributed by atoms with van der Waals surface area (Å²) in [5.74, 6) is -0.194. The van der Waals surface area contributed by atoms with Gasteiger partial charge in [-0.05, 0) is 75.8 Å². The predicted molar refractivity (Wildman–Crippen MR) is 192 cm³/mol. The van der Waals surface area contributed by atoms with Gasteiger partial charge in [0.1, 0.15) is 5.82 Å². The minimum Gasteiger partial charge on any atom is -0.358 e. The molecular formula is C38H57ClF4N2. The Kier molecular flexibility index (Phi) is 24.0. The second kappa shape index (κ2) is 24.4. The second-order valence-corrected chi connectivity index (χ2v) is 10.5. The SMILES string of the molecule is C=C(/C=C\N=C(C)CCC)C(F)(F)F.CC.CC.C\C=C/C(=C\C=C(/C)CC)C(C)c1[nH]c2cc(F)c(Cl)cc2c1CCCC.